The van der Waals surface area contributed by atoms with Crippen LogP contribution >= 0.6 is 0 Å². The second-order valence-corrected chi connectivity index (χ2v) is 4.38. The van der Waals surface area contributed by atoms with Crippen LogP contribution in [0.1, 0.15) is 24.7 Å². The topological polar surface area (TPSA) is 64.4 Å². The Balaban J connectivity index is 2.53. The van der Waals surface area contributed by atoms with Crippen molar-refractivity contribution in [2.24, 2.45) is 0 Å². The van der Waals surface area contributed by atoms with Gasteiger partial charge in [-0.3, -0.25) is 14.3 Å². The average molecular weight is 267 g/mol. The molecule has 0 aliphatic carbocycles. The van der Waals surface area contributed by atoms with E-state index in [2.05, 4.69) is 9.84 Å². The van der Waals surface area contributed by atoms with Crippen molar-refractivity contribution in [3.05, 3.63) is 17.5 Å². The van der Waals surface area contributed by atoms with Crippen molar-refractivity contribution in [1.82, 2.24) is 14.7 Å². The summed E-state index contributed by atoms with van der Waals surface area (Å²) in [6.07, 6.45) is 0.326. The number of hydrogen-bond donors (Lipinski definition) is 0. The van der Waals surface area contributed by atoms with E-state index < -0.39 is 5.97 Å². The molecule has 6 heteroatoms. The minimum Gasteiger partial charge on any atom is -0.468 e. The zero-order chi connectivity index (χ0) is 14.4. The second kappa shape index (κ2) is 6.92. The molecule has 0 saturated carbocycles. The third-order valence-corrected chi connectivity index (χ3v) is 2.92. The van der Waals surface area contributed by atoms with Crippen LogP contribution in [0, 0.1) is 13.8 Å². The summed E-state index contributed by atoms with van der Waals surface area (Å²) in [7, 11) is 1.32. The zero-order valence-corrected chi connectivity index (χ0v) is 12.0. The molecular formula is C13H21N3O3. The molecule has 1 aromatic heterocycles. The number of likely N-dealkylation sites (N-methyl/N-ethyl adjacent to an activating group) is 1. The van der Waals surface area contributed by atoms with Gasteiger partial charge in [-0.05, 0) is 26.8 Å². The molecule has 0 bridgehead atoms. The molecule has 1 aromatic rings. The van der Waals surface area contributed by atoms with E-state index in [-0.39, 0.29) is 12.5 Å². The number of carbonyl (C=O) groups is 2. The monoisotopic (exact) mass is 267 g/mol. The normalized spacial score (nSPS) is 10.3. The van der Waals surface area contributed by atoms with Gasteiger partial charge in [0, 0.05) is 25.2 Å². The Bertz CT molecular complexity index is 454. The Morgan fingerprint density at radius 2 is 2.11 bits per heavy atom. The molecule has 0 saturated heterocycles. The predicted molar refractivity (Wildman–Crippen MR) is 70.6 cm³/mol. The molecule has 0 fully saturated rings. The maximum Gasteiger partial charge on any atom is 0.325 e. The fraction of sp³-hybridized carbons (Fsp3) is 0.615. The van der Waals surface area contributed by atoms with Gasteiger partial charge in [0.2, 0.25) is 5.91 Å². The number of nitrogens with zero attached hydrogens (tertiary/aromatic N) is 3. The van der Waals surface area contributed by atoms with Gasteiger partial charge in [0.15, 0.2) is 0 Å². The highest BCUT2D eigenvalue weighted by Crippen LogP contribution is 2.04. The second-order valence-electron chi connectivity index (χ2n) is 4.38. The molecule has 1 amide bonds. The fourth-order valence-corrected chi connectivity index (χ4v) is 1.86. The van der Waals surface area contributed by atoms with Crippen molar-refractivity contribution in [2.75, 3.05) is 20.2 Å². The van der Waals surface area contributed by atoms with Crippen molar-refractivity contribution in [3.63, 3.8) is 0 Å². The minimum absolute atomic E-state index is 0.00293. The number of amides is 1. The third kappa shape index (κ3) is 4.39. The fourth-order valence-electron chi connectivity index (χ4n) is 1.86. The first kappa shape index (κ1) is 15.2. The maximum atomic E-state index is 12.0. The highest BCUT2D eigenvalue weighted by atomic mass is 16.5. The van der Waals surface area contributed by atoms with Crippen LogP contribution in [-0.2, 0) is 20.9 Å². The summed E-state index contributed by atoms with van der Waals surface area (Å²) in [4.78, 5) is 24.7. The van der Waals surface area contributed by atoms with E-state index in [1.807, 2.05) is 26.8 Å². The van der Waals surface area contributed by atoms with Gasteiger partial charge in [0.05, 0.1) is 12.8 Å². The Labute approximate surface area is 113 Å². The molecule has 0 unspecified atom stereocenters. The van der Waals surface area contributed by atoms with E-state index in [0.29, 0.717) is 19.5 Å². The molecule has 1 rings (SSSR count). The first-order valence-corrected chi connectivity index (χ1v) is 6.33. The van der Waals surface area contributed by atoms with Crippen molar-refractivity contribution in [2.45, 2.75) is 33.7 Å². The summed E-state index contributed by atoms with van der Waals surface area (Å²) in [5.74, 6) is -0.471. The van der Waals surface area contributed by atoms with Crippen LogP contribution < -0.4 is 0 Å². The summed E-state index contributed by atoms with van der Waals surface area (Å²) in [5, 5.41) is 4.30. The number of hydrogen-bond acceptors (Lipinski definition) is 4. The molecule has 0 radical (unpaired) electrons. The highest BCUT2D eigenvalue weighted by Gasteiger charge is 2.16. The number of ether oxygens (including phenoxy) is 1. The van der Waals surface area contributed by atoms with E-state index in [0.717, 1.165) is 11.4 Å². The van der Waals surface area contributed by atoms with Gasteiger partial charge in [-0.15, -0.1) is 0 Å². The summed E-state index contributed by atoms with van der Waals surface area (Å²) in [5.41, 5.74) is 1.97. The lowest BCUT2D eigenvalue weighted by Gasteiger charge is -2.19. The summed E-state index contributed by atoms with van der Waals surface area (Å²) in [6, 6.07) is 1.97. The number of aryl methyl sites for hydroxylation is 3. The van der Waals surface area contributed by atoms with Crippen molar-refractivity contribution in [3.8, 4) is 0 Å². The quantitative estimate of drug-likeness (QED) is 0.719. The third-order valence-electron chi connectivity index (χ3n) is 2.92. The van der Waals surface area contributed by atoms with Gasteiger partial charge >= 0.3 is 5.97 Å². The van der Waals surface area contributed by atoms with Crippen LogP contribution in [0.25, 0.3) is 0 Å². The molecule has 19 heavy (non-hydrogen) atoms. The van der Waals surface area contributed by atoms with Crippen molar-refractivity contribution in [1.29, 1.82) is 0 Å². The summed E-state index contributed by atoms with van der Waals surface area (Å²) in [6.45, 7) is 6.73. The zero-order valence-electron chi connectivity index (χ0n) is 12.0. The summed E-state index contributed by atoms with van der Waals surface area (Å²) >= 11 is 0. The number of esters is 1. The van der Waals surface area contributed by atoms with E-state index in [1.54, 1.807) is 4.68 Å². The van der Waals surface area contributed by atoms with Crippen LogP contribution in [-0.4, -0.2) is 46.8 Å². The lowest BCUT2D eigenvalue weighted by atomic mass is 10.3. The van der Waals surface area contributed by atoms with E-state index in [9.17, 15) is 9.59 Å². The van der Waals surface area contributed by atoms with Gasteiger partial charge in [0.1, 0.15) is 6.54 Å². The number of aromatic nitrogens is 2. The first-order chi connectivity index (χ1) is 8.97. The van der Waals surface area contributed by atoms with Gasteiger partial charge in [-0.1, -0.05) is 0 Å². The van der Waals surface area contributed by atoms with Crippen LogP contribution in [0.2, 0.25) is 0 Å². The average Bonchev–Trinajstić information content (AvgIpc) is 2.71. The smallest absolute Gasteiger partial charge is 0.325 e. The molecular weight excluding hydrogens is 246 g/mol. The number of carbonyl (C=O) groups excluding carboxylic acids is 2. The summed E-state index contributed by atoms with van der Waals surface area (Å²) < 4.78 is 6.37. The van der Waals surface area contributed by atoms with E-state index in [4.69, 9.17) is 0 Å². The molecule has 1 heterocycles. The first-order valence-electron chi connectivity index (χ1n) is 6.33. The largest absolute Gasteiger partial charge is 0.468 e. The molecule has 0 aliphatic rings. The van der Waals surface area contributed by atoms with Gasteiger partial charge in [-0.2, -0.15) is 5.10 Å². The standard InChI is InChI=1S/C13H21N3O3/c1-5-15(9-13(18)19-4)12(17)6-7-16-11(3)8-10(2)14-16/h8H,5-7,9H2,1-4H3. The van der Waals surface area contributed by atoms with Crippen LogP contribution in [0.3, 0.4) is 0 Å². The van der Waals surface area contributed by atoms with Crippen molar-refractivity contribution < 1.29 is 14.3 Å². The van der Waals surface area contributed by atoms with Gasteiger partial charge in [-0.25, -0.2) is 0 Å². The van der Waals surface area contributed by atoms with Gasteiger partial charge in [0.25, 0.3) is 0 Å². The van der Waals surface area contributed by atoms with Crippen molar-refractivity contribution >= 4 is 11.9 Å². The van der Waals surface area contributed by atoms with Crippen LogP contribution in [0.5, 0.6) is 0 Å². The Kier molecular flexibility index (Phi) is 5.54. The molecule has 0 aromatic carbocycles. The van der Waals surface area contributed by atoms with Crippen LogP contribution in [0.15, 0.2) is 6.07 Å². The predicted octanol–water partition coefficient (Wildman–Crippen LogP) is 0.912. The molecule has 6 nitrogen and oxygen atoms in total. The Morgan fingerprint density at radius 1 is 1.42 bits per heavy atom. The van der Waals surface area contributed by atoms with E-state index in [1.165, 1.54) is 12.0 Å². The highest BCUT2D eigenvalue weighted by molar-refractivity contribution is 5.81. The Hall–Kier alpha value is -1.85. The lowest BCUT2D eigenvalue weighted by Crippen LogP contribution is -2.36. The number of methoxy groups -OCH3 is 1. The Morgan fingerprint density at radius 3 is 2.58 bits per heavy atom. The molecule has 0 atom stereocenters. The molecule has 106 valence electrons. The molecule has 0 aliphatic heterocycles. The molecule has 0 spiro atoms. The maximum absolute atomic E-state index is 12.0. The molecule has 0 N–H and O–H groups in total. The minimum atomic E-state index is -0.402. The lowest BCUT2D eigenvalue weighted by molar-refractivity contribution is -0.147. The van der Waals surface area contributed by atoms with Crippen LogP contribution in [0.4, 0.5) is 0 Å². The SMILES string of the molecule is CCN(CC(=O)OC)C(=O)CCn1nc(C)cc1C. The van der Waals surface area contributed by atoms with E-state index >= 15 is 0 Å². The number of rotatable bonds is 6. The van der Waals surface area contributed by atoms with Gasteiger partial charge < -0.3 is 9.64 Å².